The fourth-order valence-electron chi connectivity index (χ4n) is 1.52. The van der Waals surface area contributed by atoms with Crippen molar-refractivity contribution in [2.24, 2.45) is 5.92 Å². The lowest BCUT2D eigenvalue weighted by Crippen LogP contribution is -2.28. The molecule has 108 valence electrons. The Balaban J connectivity index is 3.19. The highest BCUT2D eigenvalue weighted by Crippen LogP contribution is 2.27. The molecule has 0 aliphatic heterocycles. The summed E-state index contributed by atoms with van der Waals surface area (Å²) in [6, 6.07) is 0. The average Bonchev–Trinajstić information content (AvgIpc) is 2.69. The Kier molecular flexibility index (Phi) is 4.98. The number of hydrogen-bond acceptors (Lipinski definition) is 4. The van der Waals surface area contributed by atoms with Gasteiger partial charge in [0, 0.05) is 17.2 Å². The third-order valence-corrected chi connectivity index (χ3v) is 3.82. The molecule has 1 amide bonds. The van der Waals surface area contributed by atoms with Crippen molar-refractivity contribution >= 4 is 25.6 Å². The van der Waals surface area contributed by atoms with Crippen LogP contribution in [0.3, 0.4) is 0 Å². The number of amides is 1. The zero-order valence-electron chi connectivity index (χ0n) is 11.3. The van der Waals surface area contributed by atoms with E-state index in [9.17, 15) is 13.2 Å². The van der Waals surface area contributed by atoms with Gasteiger partial charge in [-0.3, -0.25) is 9.89 Å². The van der Waals surface area contributed by atoms with E-state index in [0.29, 0.717) is 12.2 Å². The van der Waals surface area contributed by atoms with E-state index in [1.54, 1.807) is 13.8 Å². The van der Waals surface area contributed by atoms with Crippen LogP contribution in [0.5, 0.6) is 0 Å². The van der Waals surface area contributed by atoms with Crippen molar-refractivity contribution in [2.45, 2.75) is 38.5 Å². The van der Waals surface area contributed by atoms with Gasteiger partial charge in [0.25, 0.3) is 15.0 Å². The minimum absolute atomic E-state index is 0.136. The number of carbonyl (C=O) groups is 1. The Hall–Kier alpha value is -1.08. The first-order valence-electron chi connectivity index (χ1n) is 5.95. The molecule has 0 aromatic carbocycles. The summed E-state index contributed by atoms with van der Waals surface area (Å²) in [5, 5.41) is 8.97. The molecule has 0 unspecified atom stereocenters. The highest BCUT2D eigenvalue weighted by molar-refractivity contribution is 8.13. The predicted molar refractivity (Wildman–Crippen MR) is 72.9 cm³/mol. The third-order valence-electron chi connectivity index (χ3n) is 2.45. The van der Waals surface area contributed by atoms with Crippen LogP contribution in [0.1, 0.15) is 49.8 Å². The van der Waals surface area contributed by atoms with Crippen LogP contribution >= 0.6 is 10.7 Å². The van der Waals surface area contributed by atoms with Gasteiger partial charge in [-0.1, -0.05) is 27.7 Å². The normalized spacial score (nSPS) is 12.2. The topological polar surface area (TPSA) is 91.9 Å². The van der Waals surface area contributed by atoms with Crippen LogP contribution in [0, 0.1) is 5.92 Å². The quantitative estimate of drug-likeness (QED) is 0.812. The van der Waals surface area contributed by atoms with E-state index < -0.39 is 15.0 Å². The third kappa shape index (κ3) is 3.94. The molecule has 8 heteroatoms. The number of hydrogen-bond donors (Lipinski definition) is 2. The Labute approximate surface area is 117 Å². The van der Waals surface area contributed by atoms with E-state index in [2.05, 4.69) is 15.5 Å². The second-order valence-electron chi connectivity index (χ2n) is 5.01. The Morgan fingerprint density at radius 2 is 1.95 bits per heavy atom. The standard InChI is InChI=1S/C11H18ClN3O3S/c1-6(2)5-13-11(16)9-10(19(12,17)18)8(7(3)4)14-15-9/h6-7H,5H2,1-4H3,(H,13,16)(H,14,15). The minimum atomic E-state index is -4.03. The van der Waals surface area contributed by atoms with Crippen LogP contribution in [0.4, 0.5) is 0 Å². The summed E-state index contributed by atoms with van der Waals surface area (Å²) in [4.78, 5) is 11.7. The molecule has 0 saturated carbocycles. The number of H-pyrrole nitrogens is 1. The van der Waals surface area contributed by atoms with Crippen LogP contribution < -0.4 is 5.32 Å². The van der Waals surface area contributed by atoms with Crippen molar-refractivity contribution in [3.05, 3.63) is 11.4 Å². The SMILES string of the molecule is CC(C)CNC(=O)c1n[nH]c(C(C)C)c1S(=O)(=O)Cl. The summed E-state index contributed by atoms with van der Waals surface area (Å²) in [6.45, 7) is 7.88. The molecule has 6 nitrogen and oxygen atoms in total. The zero-order valence-corrected chi connectivity index (χ0v) is 12.9. The molecule has 2 N–H and O–H groups in total. The summed E-state index contributed by atoms with van der Waals surface area (Å²) in [6.07, 6.45) is 0. The van der Waals surface area contributed by atoms with Crippen LogP contribution in [0.2, 0.25) is 0 Å². The van der Waals surface area contributed by atoms with E-state index in [-0.39, 0.29) is 22.4 Å². The molecule has 1 aromatic rings. The van der Waals surface area contributed by atoms with Gasteiger partial charge in [0.15, 0.2) is 5.69 Å². The van der Waals surface area contributed by atoms with Gasteiger partial charge < -0.3 is 5.32 Å². The first kappa shape index (κ1) is 16.0. The summed E-state index contributed by atoms with van der Waals surface area (Å²) in [7, 11) is 1.36. The number of rotatable bonds is 5. The van der Waals surface area contributed by atoms with Crippen molar-refractivity contribution in [2.75, 3.05) is 6.54 Å². The zero-order chi connectivity index (χ0) is 14.8. The van der Waals surface area contributed by atoms with Gasteiger partial charge in [-0.15, -0.1) is 0 Å². The number of nitrogens with zero attached hydrogens (tertiary/aromatic N) is 1. The molecule has 0 fully saturated rings. The van der Waals surface area contributed by atoms with Crippen LogP contribution in [0.15, 0.2) is 4.90 Å². The molecule has 1 aromatic heterocycles. The lowest BCUT2D eigenvalue weighted by atomic mass is 10.1. The summed E-state index contributed by atoms with van der Waals surface area (Å²) in [5.74, 6) is -0.428. The fourth-order valence-corrected chi connectivity index (χ4v) is 2.90. The van der Waals surface area contributed by atoms with Crippen molar-refractivity contribution in [1.82, 2.24) is 15.5 Å². The van der Waals surface area contributed by atoms with Crippen LogP contribution in [0.25, 0.3) is 0 Å². The Bertz CT molecular complexity index is 564. The number of aromatic amines is 1. The molecule has 1 rings (SSSR count). The molecule has 0 aliphatic rings. The molecule has 1 heterocycles. The molecule has 0 saturated heterocycles. The first-order chi connectivity index (χ1) is 8.64. The molecule has 0 radical (unpaired) electrons. The second-order valence-corrected chi connectivity index (χ2v) is 7.51. The van der Waals surface area contributed by atoms with Gasteiger partial charge in [-0.2, -0.15) is 5.10 Å². The van der Waals surface area contributed by atoms with E-state index in [4.69, 9.17) is 10.7 Å². The lowest BCUT2D eigenvalue weighted by molar-refractivity contribution is 0.0940. The van der Waals surface area contributed by atoms with Gasteiger partial charge in [0.2, 0.25) is 0 Å². The molecule has 0 atom stereocenters. The van der Waals surface area contributed by atoms with Crippen molar-refractivity contribution < 1.29 is 13.2 Å². The van der Waals surface area contributed by atoms with Crippen molar-refractivity contribution in [3.63, 3.8) is 0 Å². The highest BCUT2D eigenvalue weighted by atomic mass is 35.7. The fraction of sp³-hybridized carbons (Fsp3) is 0.636. The van der Waals surface area contributed by atoms with Gasteiger partial charge in [0.05, 0.1) is 5.69 Å². The molecule has 0 spiro atoms. The number of halogens is 1. The van der Waals surface area contributed by atoms with Gasteiger partial charge >= 0.3 is 0 Å². The Morgan fingerprint density at radius 3 is 2.37 bits per heavy atom. The van der Waals surface area contributed by atoms with E-state index in [1.165, 1.54) is 0 Å². The molecule has 19 heavy (non-hydrogen) atoms. The Morgan fingerprint density at radius 1 is 1.37 bits per heavy atom. The molecule has 0 aliphatic carbocycles. The maximum Gasteiger partial charge on any atom is 0.273 e. The maximum atomic E-state index is 11.9. The number of carbonyl (C=O) groups excluding carboxylic acids is 1. The summed E-state index contributed by atoms with van der Waals surface area (Å²) >= 11 is 0. The summed E-state index contributed by atoms with van der Waals surface area (Å²) in [5.41, 5.74) is 0.157. The predicted octanol–water partition coefficient (Wildman–Crippen LogP) is 1.85. The molecular weight excluding hydrogens is 290 g/mol. The van der Waals surface area contributed by atoms with Crippen molar-refractivity contribution in [3.8, 4) is 0 Å². The average molecular weight is 308 g/mol. The van der Waals surface area contributed by atoms with Crippen molar-refractivity contribution in [1.29, 1.82) is 0 Å². The second kappa shape index (κ2) is 5.92. The molecular formula is C11H18ClN3O3S. The van der Waals surface area contributed by atoms with Crippen LogP contribution in [-0.4, -0.2) is 31.1 Å². The molecule has 0 bridgehead atoms. The number of aromatic nitrogens is 2. The maximum absolute atomic E-state index is 11.9. The first-order valence-corrected chi connectivity index (χ1v) is 8.26. The van der Waals surface area contributed by atoms with E-state index in [0.717, 1.165) is 0 Å². The van der Waals surface area contributed by atoms with Gasteiger partial charge in [-0.25, -0.2) is 8.42 Å². The van der Waals surface area contributed by atoms with E-state index in [1.807, 2.05) is 13.8 Å². The highest BCUT2D eigenvalue weighted by Gasteiger charge is 2.29. The number of nitrogens with one attached hydrogen (secondary N) is 2. The monoisotopic (exact) mass is 307 g/mol. The summed E-state index contributed by atoms with van der Waals surface area (Å²) < 4.78 is 23.2. The smallest absolute Gasteiger partial charge is 0.273 e. The van der Waals surface area contributed by atoms with Gasteiger partial charge in [0.1, 0.15) is 4.90 Å². The lowest BCUT2D eigenvalue weighted by Gasteiger charge is -2.07. The largest absolute Gasteiger partial charge is 0.350 e. The van der Waals surface area contributed by atoms with Gasteiger partial charge in [-0.05, 0) is 11.8 Å². The van der Waals surface area contributed by atoms with Crippen LogP contribution in [-0.2, 0) is 9.05 Å². The van der Waals surface area contributed by atoms with E-state index >= 15 is 0 Å². The minimum Gasteiger partial charge on any atom is -0.350 e.